The minimum Gasteiger partial charge on any atom is -0.299 e. The predicted molar refractivity (Wildman–Crippen MR) is 46.7 cm³/mol. The van der Waals surface area contributed by atoms with Crippen LogP contribution in [-0.2, 0) is 4.79 Å². The van der Waals surface area contributed by atoms with E-state index in [2.05, 4.69) is 0 Å². The molecule has 3 fully saturated rings. The second-order valence-electron chi connectivity index (χ2n) is 4.94. The molecule has 1 spiro atoms. The molecule has 3 atom stereocenters. The lowest BCUT2D eigenvalue weighted by molar-refractivity contribution is -0.124. The molecule has 12 heavy (non-hydrogen) atoms. The van der Waals surface area contributed by atoms with Crippen molar-refractivity contribution in [3.05, 3.63) is 0 Å². The van der Waals surface area contributed by atoms with E-state index in [0.717, 1.165) is 12.3 Å². The van der Waals surface area contributed by atoms with Crippen molar-refractivity contribution in [1.29, 1.82) is 0 Å². The predicted octanol–water partition coefficient (Wildman–Crippen LogP) is 2.55. The van der Waals surface area contributed by atoms with Crippen LogP contribution in [0.3, 0.4) is 0 Å². The van der Waals surface area contributed by atoms with E-state index in [1.165, 1.54) is 38.5 Å². The normalized spacial score (nSPS) is 51.2. The Hall–Kier alpha value is -0.330. The van der Waals surface area contributed by atoms with Crippen LogP contribution in [0.2, 0.25) is 0 Å². The third-order valence-electron chi connectivity index (χ3n) is 4.50. The molecule has 0 heterocycles. The van der Waals surface area contributed by atoms with Gasteiger partial charge in [0.05, 0.1) is 0 Å². The molecule has 3 aliphatic carbocycles. The van der Waals surface area contributed by atoms with Gasteiger partial charge in [-0.1, -0.05) is 12.8 Å². The maximum atomic E-state index is 11.5. The van der Waals surface area contributed by atoms with Crippen LogP contribution in [0.5, 0.6) is 0 Å². The first-order chi connectivity index (χ1) is 5.83. The fourth-order valence-electron chi connectivity index (χ4n) is 3.74. The van der Waals surface area contributed by atoms with Crippen molar-refractivity contribution in [3.63, 3.8) is 0 Å². The summed E-state index contributed by atoms with van der Waals surface area (Å²) in [6.07, 6.45) is 8.98. The monoisotopic (exact) mass is 164 g/mol. The Morgan fingerprint density at radius 2 is 2.17 bits per heavy atom. The fraction of sp³-hybridized carbons (Fsp3) is 0.909. The first-order valence-corrected chi connectivity index (χ1v) is 5.36. The number of hydrogen-bond donors (Lipinski definition) is 0. The Balaban J connectivity index is 1.88. The molecule has 0 aliphatic heterocycles. The van der Waals surface area contributed by atoms with Crippen molar-refractivity contribution in [2.75, 3.05) is 0 Å². The summed E-state index contributed by atoms with van der Waals surface area (Å²) in [5.41, 5.74) is 0.563. The molecule has 0 N–H and O–H groups in total. The SMILES string of the molecule is O=C1CC[C@H]2CCCCC23CC13. The molecule has 0 radical (unpaired) electrons. The van der Waals surface area contributed by atoms with Crippen LogP contribution in [0.15, 0.2) is 0 Å². The maximum Gasteiger partial charge on any atom is 0.136 e. The van der Waals surface area contributed by atoms with Crippen molar-refractivity contribution >= 4 is 5.78 Å². The van der Waals surface area contributed by atoms with Crippen LogP contribution in [0.25, 0.3) is 0 Å². The van der Waals surface area contributed by atoms with E-state index in [4.69, 9.17) is 0 Å². The van der Waals surface area contributed by atoms with Gasteiger partial charge in [-0.15, -0.1) is 0 Å². The zero-order valence-electron chi connectivity index (χ0n) is 7.51. The number of rotatable bonds is 0. The lowest BCUT2D eigenvalue weighted by atomic mass is 9.69. The van der Waals surface area contributed by atoms with Gasteiger partial charge in [-0.2, -0.15) is 0 Å². The smallest absolute Gasteiger partial charge is 0.136 e. The fourth-order valence-corrected chi connectivity index (χ4v) is 3.74. The maximum absolute atomic E-state index is 11.5. The van der Waals surface area contributed by atoms with Gasteiger partial charge in [0.15, 0.2) is 0 Å². The molecule has 1 heteroatoms. The summed E-state index contributed by atoms with van der Waals surface area (Å²) in [7, 11) is 0. The highest BCUT2D eigenvalue weighted by molar-refractivity contribution is 5.86. The van der Waals surface area contributed by atoms with Gasteiger partial charge in [0.25, 0.3) is 0 Å². The van der Waals surface area contributed by atoms with Gasteiger partial charge in [-0.3, -0.25) is 4.79 Å². The number of ketones is 1. The van der Waals surface area contributed by atoms with E-state index >= 15 is 0 Å². The molecule has 0 bridgehead atoms. The van der Waals surface area contributed by atoms with E-state index in [0.29, 0.717) is 17.1 Å². The summed E-state index contributed by atoms with van der Waals surface area (Å²) in [4.78, 5) is 11.5. The van der Waals surface area contributed by atoms with E-state index in [9.17, 15) is 4.79 Å². The summed E-state index contributed by atoms with van der Waals surface area (Å²) in [5.74, 6) is 2.05. The summed E-state index contributed by atoms with van der Waals surface area (Å²) in [6, 6.07) is 0. The van der Waals surface area contributed by atoms with Crippen molar-refractivity contribution in [3.8, 4) is 0 Å². The number of Topliss-reactive ketones (excluding diaryl/α,β-unsaturated/α-hetero) is 1. The van der Waals surface area contributed by atoms with Crippen molar-refractivity contribution in [2.45, 2.75) is 44.9 Å². The highest BCUT2D eigenvalue weighted by atomic mass is 16.1. The second-order valence-corrected chi connectivity index (χ2v) is 4.94. The molecular weight excluding hydrogens is 148 g/mol. The first-order valence-electron chi connectivity index (χ1n) is 5.36. The van der Waals surface area contributed by atoms with E-state index in [-0.39, 0.29) is 0 Å². The molecule has 0 amide bonds. The average Bonchev–Trinajstić information content (AvgIpc) is 2.80. The highest BCUT2D eigenvalue weighted by Gasteiger charge is 2.63. The third kappa shape index (κ3) is 0.725. The molecule has 0 aromatic heterocycles. The Morgan fingerprint density at radius 1 is 1.25 bits per heavy atom. The Labute approximate surface area is 73.5 Å². The van der Waals surface area contributed by atoms with Crippen LogP contribution in [0, 0.1) is 17.3 Å². The molecule has 66 valence electrons. The standard InChI is InChI=1S/C11H16O/c12-10-5-4-8-3-1-2-6-11(8)7-9(10)11/h8-9H,1-7H2/t8-,9?,11?/m1/s1. The lowest BCUT2D eigenvalue weighted by Crippen LogP contribution is -2.29. The number of carbonyl (C=O) groups is 1. The van der Waals surface area contributed by atoms with Gasteiger partial charge in [0.1, 0.15) is 5.78 Å². The van der Waals surface area contributed by atoms with Gasteiger partial charge >= 0.3 is 0 Å². The van der Waals surface area contributed by atoms with Crippen LogP contribution in [0.4, 0.5) is 0 Å². The molecule has 0 aromatic carbocycles. The van der Waals surface area contributed by atoms with Gasteiger partial charge in [0.2, 0.25) is 0 Å². The Morgan fingerprint density at radius 3 is 3.08 bits per heavy atom. The summed E-state index contributed by atoms with van der Waals surface area (Å²) in [5, 5.41) is 0. The molecule has 0 aromatic rings. The molecule has 3 aliphatic rings. The quantitative estimate of drug-likeness (QED) is 0.537. The third-order valence-corrected chi connectivity index (χ3v) is 4.50. The van der Waals surface area contributed by atoms with Crippen LogP contribution >= 0.6 is 0 Å². The van der Waals surface area contributed by atoms with Gasteiger partial charge in [-0.05, 0) is 37.0 Å². The summed E-state index contributed by atoms with van der Waals surface area (Å²) >= 11 is 0. The van der Waals surface area contributed by atoms with E-state index in [1.807, 2.05) is 0 Å². The minimum absolute atomic E-state index is 0.525. The zero-order valence-corrected chi connectivity index (χ0v) is 7.51. The molecular formula is C11H16O. The van der Waals surface area contributed by atoms with E-state index in [1.54, 1.807) is 0 Å². The number of hydrogen-bond acceptors (Lipinski definition) is 1. The summed E-state index contributed by atoms with van der Waals surface area (Å²) < 4.78 is 0. The van der Waals surface area contributed by atoms with Crippen LogP contribution in [-0.4, -0.2) is 5.78 Å². The molecule has 3 rings (SSSR count). The number of carbonyl (C=O) groups excluding carboxylic acids is 1. The zero-order chi connectivity index (χ0) is 8.18. The molecule has 1 nitrogen and oxygen atoms in total. The molecule has 3 saturated carbocycles. The topological polar surface area (TPSA) is 17.1 Å². The van der Waals surface area contributed by atoms with Crippen LogP contribution in [0.1, 0.15) is 44.9 Å². The largest absolute Gasteiger partial charge is 0.299 e. The Kier molecular flexibility index (Phi) is 1.26. The van der Waals surface area contributed by atoms with Gasteiger partial charge < -0.3 is 0 Å². The Bertz CT molecular complexity index is 233. The van der Waals surface area contributed by atoms with Gasteiger partial charge in [0, 0.05) is 12.3 Å². The van der Waals surface area contributed by atoms with Gasteiger partial charge in [-0.25, -0.2) is 0 Å². The average molecular weight is 164 g/mol. The molecule has 2 unspecified atom stereocenters. The van der Waals surface area contributed by atoms with Crippen molar-refractivity contribution in [2.24, 2.45) is 17.3 Å². The first kappa shape index (κ1) is 7.11. The minimum atomic E-state index is 0.525. The van der Waals surface area contributed by atoms with E-state index < -0.39 is 0 Å². The second kappa shape index (κ2) is 2.12. The summed E-state index contributed by atoms with van der Waals surface area (Å²) in [6.45, 7) is 0. The van der Waals surface area contributed by atoms with Crippen molar-refractivity contribution < 1.29 is 4.79 Å². The molecule has 0 saturated heterocycles. The highest BCUT2D eigenvalue weighted by Crippen LogP contribution is 2.68. The lowest BCUT2D eigenvalue weighted by Gasteiger charge is -2.35. The van der Waals surface area contributed by atoms with Crippen molar-refractivity contribution in [1.82, 2.24) is 0 Å². The van der Waals surface area contributed by atoms with Crippen LogP contribution < -0.4 is 0 Å².